The molecule has 0 bridgehead atoms. The predicted octanol–water partition coefficient (Wildman–Crippen LogP) is 3.79. The Labute approximate surface area is 136 Å². The summed E-state index contributed by atoms with van der Waals surface area (Å²) >= 11 is 7.49. The molecular formula is C16H12ClN3OS. The average Bonchev–Trinajstić information content (AvgIpc) is 3.07. The van der Waals surface area contributed by atoms with Gasteiger partial charge in [0.15, 0.2) is 0 Å². The molecule has 0 saturated carbocycles. The molecule has 0 radical (unpaired) electrons. The number of carbonyl (C=O) groups excluding carboxylic acids is 1. The second-order valence-electron chi connectivity index (χ2n) is 4.56. The molecule has 0 saturated heterocycles. The molecule has 2 heterocycles. The summed E-state index contributed by atoms with van der Waals surface area (Å²) < 4.78 is 0. The highest BCUT2D eigenvalue weighted by atomic mass is 35.5. The highest BCUT2D eigenvalue weighted by Gasteiger charge is 2.11. The molecular weight excluding hydrogens is 318 g/mol. The third-order valence-corrected chi connectivity index (χ3v) is 3.99. The molecule has 0 aliphatic heterocycles. The first-order valence-corrected chi connectivity index (χ1v) is 7.92. The lowest BCUT2D eigenvalue weighted by molar-refractivity contribution is 0.0950. The number of rotatable bonds is 4. The first-order chi connectivity index (χ1) is 10.7. The Kier molecular flexibility index (Phi) is 4.46. The maximum atomic E-state index is 12.2. The van der Waals surface area contributed by atoms with Crippen molar-refractivity contribution in [3.05, 3.63) is 69.8 Å². The Balaban J connectivity index is 1.76. The second kappa shape index (κ2) is 6.68. The SMILES string of the molecule is O=C(NCc1nccnc1-c1ccsc1)c1cccc(Cl)c1. The van der Waals surface area contributed by atoms with E-state index in [0.717, 1.165) is 17.0 Å². The first-order valence-electron chi connectivity index (χ1n) is 6.60. The summed E-state index contributed by atoms with van der Waals surface area (Å²) in [6, 6.07) is 8.81. The Bertz CT molecular complexity index is 790. The van der Waals surface area contributed by atoms with E-state index in [2.05, 4.69) is 15.3 Å². The first kappa shape index (κ1) is 14.7. The number of aromatic nitrogens is 2. The van der Waals surface area contributed by atoms with E-state index in [1.807, 2.05) is 16.8 Å². The van der Waals surface area contributed by atoms with E-state index in [1.54, 1.807) is 48.0 Å². The van der Waals surface area contributed by atoms with Gasteiger partial charge in [0.05, 0.1) is 17.9 Å². The van der Waals surface area contributed by atoms with Gasteiger partial charge in [-0.2, -0.15) is 11.3 Å². The van der Waals surface area contributed by atoms with E-state index in [0.29, 0.717) is 17.1 Å². The molecule has 22 heavy (non-hydrogen) atoms. The number of halogens is 1. The maximum Gasteiger partial charge on any atom is 0.251 e. The Morgan fingerprint density at radius 3 is 2.86 bits per heavy atom. The number of hydrogen-bond acceptors (Lipinski definition) is 4. The monoisotopic (exact) mass is 329 g/mol. The fourth-order valence-corrected chi connectivity index (χ4v) is 2.86. The molecule has 110 valence electrons. The minimum atomic E-state index is -0.190. The van der Waals surface area contributed by atoms with Crippen LogP contribution in [0, 0.1) is 0 Å². The molecule has 1 aromatic carbocycles. The van der Waals surface area contributed by atoms with Crippen molar-refractivity contribution in [2.24, 2.45) is 0 Å². The van der Waals surface area contributed by atoms with Gasteiger partial charge >= 0.3 is 0 Å². The van der Waals surface area contributed by atoms with Crippen molar-refractivity contribution in [2.45, 2.75) is 6.54 Å². The zero-order valence-electron chi connectivity index (χ0n) is 11.5. The summed E-state index contributed by atoms with van der Waals surface area (Å²) in [5, 5.41) is 7.37. The summed E-state index contributed by atoms with van der Waals surface area (Å²) in [5.74, 6) is -0.190. The van der Waals surface area contributed by atoms with E-state index in [-0.39, 0.29) is 5.91 Å². The number of thiophene rings is 1. The third kappa shape index (κ3) is 3.32. The van der Waals surface area contributed by atoms with E-state index in [4.69, 9.17) is 11.6 Å². The number of carbonyl (C=O) groups is 1. The standard InChI is InChI=1S/C16H12ClN3OS/c17-13-3-1-2-11(8-13)16(21)20-9-14-15(19-6-5-18-14)12-4-7-22-10-12/h1-8,10H,9H2,(H,20,21). The molecule has 6 heteroatoms. The largest absolute Gasteiger partial charge is 0.346 e. The van der Waals surface area contributed by atoms with E-state index in [1.165, 1.54) is 0 Å². The summed E-state index contributed by atoms with van der Waals surface area (Å²) in [5.41, 5.74) is 3.05. The van der Waals surface area contributed by atoms with Gasteiger partial charge in [-0.05, 0) is 29.6 Å². The van der Waals surface area contributed by atoms with Crippen LogP contribution in [0.3, 0.4) is 0 Å². The predicted molar refractivity (Wildman–Crippen MR) is 88.0 cm³/mol. The Morgan fingerprint density at radius 2 is 2.09 bits per heavy atom. The van der Waals surface area contributed by atoms with Gasteiger partial charge in [0.1, 0.15) is 0 Å². The van der Waals surface area contributed by atoms with Crippen molar-refractivity contribution < 1.29 is 4.79 Å². The van der Waals surface area contributed by atoms with E-state index < -0.39 is 0 Å². The molecule has 0 atom stereocenters. The second-order valence-corrected chi connectivity index (χ2v) is 5.77. The van der Waals surface area contributed by atoms with Crippen molar-refractivity contribution >= 4 is 28.8 Å². The maximum absolute atomic E-state index is 12.2. The zero-order valence-corrected chi connectivity index (χ0v) is 13.1. The van der Waals surface area contributed by atoms with Gasteiger partial charge in [-0.25, -0.2) is 0 Å². The van der Waals surface area contributed by atoms with Gasteiger partial charge in [0.25, 0.3) is 5.91 Å². The molecule has 3 rings (SSSR count). The van der Waals surface area contributed by atoms with Crippen molar-refractivity contribution in [1.29, 1.82) is 0 Å². The highest BCUT2D eigenvalue weighted by Crippen LogP contribution is 2.22. The molecule has 0 unspecified atom stereocenters. The summed E-state index contributed by atoms with van der Waals surface area (Å²) in [6.45, 7) is 0.310. The fourth-order valence-electron chi connectivity index (χ4n) is 2.03. The lowest BCUT2D eigenvalue weighted by Crippen LogP contribution is -2.23. The quantitative estimate of drug-likeness (QED) is 0.792. The van der Waals surface area contributed by atoms with Crippen molar-refractivity contribution in [3.63, 3.8) is 0 Å². The summed E-state index contributed by atoms with van der Waals surface area (Å²) in [4.78, 5) is 20.8. The number of nitrogens with zero attached hydrogens (tertiary/aromatic N) is 2. The summed E-state index contributed by atoms with van der Waals surface area (Å²) in [6.07, 6.45) is 3.27. The number of hydrogen-bond donors (Lipinski definition) is 1. The molecule has 0 aliphatic carbocycles. The van der Waals surface area contributed by atoms with Gasteiger partial charge in [-0.1, -0.05) is 17.7 Å². The molecule has 3 aromatic rings. The van der Waals surface area contributed by atoms with E-state index >= 15 is 0 Å². The molecule has 2 aromatic heterocycles. The number of nitrogens with one attached hydrogen (secondary N) is 1. The van der Waals surface area contributed by atoms with Gasteiger partial charge in [-0.3, -0.25) is 14.8 Å². The van der Waals surface area contributed by atoms with Crippen LogP contribution >= 0.6 is 22.9 Å². The van der Waals surface area contributed by atoms with Gasteiger partial charge < -0.3 is 5.32 Å². The molecule has 0 spiro atoms. The van der Waals surface area contributed by atoms with Gasteiger partial charge in [-0.15, -0.1) is 0 Å². The topological polar surface area (TPSA) is 54.9 Å². The van der Waals surface area contributed by atoms with Crippen LogP contribution in [-0.2, 0) is 6.54 Å². The zero-order chi connectivity index (χ0) is 15.4. The Morgan fingerprint density at radius 1 is 1.23 bits per heavy atom. The lowest BCUT2D eigenvalue weighted by atomic mass is 10.1. The highest BCUT2D eigenvalue weighted by molar-refractivity contribution is 7.08. The van der Waals surface area contributed by atoms with Crippen LogP contribution in [0.2, 0.25) is 5.02 Å². The fraction of sp³-hybridized carbons (Fsp3) is 0.0625. The number of benzene rings is 1. The lowest BCUT2D eigenvalue weighted by Gasteiger charge is -2.08. The van der Waals surface area contributed by atoms with Crippen LogP contribution in [0.1, 0.15) is 16.1 Å². The normalized spacial score (nSPS) is 10.4. The van der Waals surface area contributed by atoms with Crippen molar-refractivity contribution in [1.82, 2.24) is 15.3 Å². The van der Waals surface area contributed by atoms with Crippen LogP contribution in [0.5, 0.6) is 0 Å². The molecule has 1 amide bonds. The van der Waals surface area contributed by atoms with Crippen LogP contribution in [-0.4, -0.2) is 15.9 Å². The third-order valence-electron chi connectivity index (χ3n) is 3.07. The van der Waals surface area contributed by atoms with Crippen LogP contribution in [0.4, 0.5) is 0 Å². The van der Waals surface area contributed by atoms with Crippen molar-refractivity contribution in [2.75, 3.05) is 0 Å². The van der Waals surface area contributed by atoms with E-state index in [9.17, 15) is 4.79 Å². The molecule has 1 N–H and O–H groups in total. The molecule has 4 nitrogen and oxygen atoms in total. The summed E-state index contributed by atoms with van der Waals surface area (Å²) in [7, 11) is 0. The van der Waals surface area contributed by atoms with Crippen LogP contribution in [0.25, 0.3) is 11.3 Å². The smallest absolute Gasteiger partial charge is 0.251 e. The number of amides is 1. The molecule has 0 fully saturated rings. The van der Waals surface area contributed by atoms with Gasteiger partial charge in [0, 0.05) is 33.9 Å². The average molecular weight is 330 g/mol. The van der Waals surface area contributed by atoms with Crippen molar-refractivity contribution in [3.8, 4) is 11.3 Å². The van der Waals surface area contributed by atoms with Crippen LogP contribution in [0.15, 0.2) is 53.5 Å². The minimum Gasteiger partial charge on any atom is -0.346 e. The molecule has 0 aliphatic rings. The minimum absolute atomic E-state index is 0.190. The Hall–Kier alpha value is -2.24. The van der Waals surface area contributed by atoms with Gasteiger partial charge in [0.2, 0.25) is 0 Å². The van der Waals surface area contributed by atoms with Crippen LogP contribution < -0.4 is 5.32 Å².